The molecular weight excluding hydrogens is 452 g/mol. The molecule has 1 N–H and O–H groups in total. The van der Waals surface area contributed by atoms with Gasteiger partial charge in [-0.3, -0.25) is 9.59 Å². The van der Waals surface area contributed by atoms with Crippen LogP contribution in [0.5, 0.6) is 0 Å². The Kier molecular flexibility index (Phi) is 6.89. The molecule has 2 saturated heterocycles. The summed E-state index contributed by atoms with van der Waals surface area (Å²) < 4.78 is 32.8. The lowest BCUT2D eigenvalue weighted by molar-refractivity contribution is -0.121. The predicted octanol–water partition coefficient (Wildman–Crippen LogP) is 1.96. The van der Waals surface area contributed by atoms with Crippen LogP contribution in [-0.2, 0) is 19.6 Å². The zero-order valence-electron chi connectivity index (χ0n) is 17.8. The minimum atomic E-state index is -3.78. The summed E-state index contributed by atoms with van der Waals surface area (Å²) >= 11 is 1.12. The van der Waals surface area contributed by atoms with Crippen LogP contribution in [0, 0.1) is 12.8 Å². The van der Waals surface area contributed by atoms with E-state index in [9.17, 15) is 18.0 Å². The molecule has 11 heteroatoms. The number of amides is 2. The van der Waals surface area contributed by atoms with Crippen molar-refractivity contribution in [2.24, 2.45) is 5.92 Å². The molecule has 2 fully saturated rings. The first-order valence-corrected chi connectivity index (χ1v) is 12.9. The number of likely N-dealkylation sites (tertiary alicyclic amines) is 1. The smallest absolute Gasteiger partial charge is 0.265 e. The van der Waals surface area contributed by atoms with Crippen LogP contribution in [0.4, 0.5) is 5.82 Å². The molecule has 1 atom stereocenters. The Bertz CT molecular complexity index is 1100. The molecule has 9 nitrogen and oxygen atoms in total. The second-order valence-electron chi connectivity index (χ2n) is 7.87. The normalized spacial score (nSPS) is 20.2. The van der Waals surface area contributed by atoms with Crippen LogP contribution in [0.3, 0.4) is 0 Å². The molecule has 32 heavy (non-hydrogen) atoms. The number of piperidine rings is 1. The molecule has 0 radical (unpaired) electrons. The highest BCUT2D eigenvalue weighted by atomic mass is 32.2. The van der Waals surface area contributed by atoms with E-state index in [-0.39, 0.29) is 47.1 Å². The summed E-state index contributed by atoms with van der Waals surface area (Å²) in [5, 5.41) is 4.45. The number of rotatable bonds is 5. The summed E-state index contributed by atoms with van der Waals surface area (Å²) in [5.74, 6) is -0.434. The Morgan fingerprint density at radius 1 is 1.19 bits per heavy atom. The highest BCUT2D eigenvalue weighted by Crippen LogP contribution is 2.29. The number of ether oxygens (including phenoxy) is 1. The third-order valence-corrected chi connectivity index (χ3v) is 8.60. The van der Waals surface area contributed by atoms with E-state index in [1.54, 1.807) is 16.3 Å². The van der Waals surface area contributed by atoms with Gasteiger partial charge in [-0.1, -0.05) is 6.07 Å². The lowest BCUT2D eigenvalue weighted by atomic mass is 9.97. The third kappa shape index (κ3) is 4.85. The first-order valence-electron chi connectivity index (χ1n) is 10.6. The average molecular weight is 479 g/mol. The number of anilines is 1. The van der Waals surface area contributed by atoms with Gasteiger partial charge in [0.2, 0.25) is 15.9 Å². The quantitative estimate of drug-likeness (QED) is 0.704. The van der Waals surface area contributed by atoms with Crippen LogP contribution in [0.1, 0.15) is 28.2 Å². The van der Waals surface area contributed by atoms with Crippen molar-refractivity contribution >= 4 is 39.0 Å². The van der Waals surface area contributed by atoms with Crippen LogP contribution in [0.2, 0.25) is 0 Å². The number of aromatic nitrogens is 1. The molecular formula is C21H26N4O5S2. The maximum Gasteiger partial charge on any atom is 0.265 e. The van der Waals surface area contributed by atoms with Crippen LogP contribution in [0.15, 0.2) is 34.5 Å². The molecule has 0 spiro atoms. The molecule has 172 valence electrons. The van der Waals surface area contributed by atoms with Gasteiger partial charge in [0, 0.05) is 31.9 Å². The van der Waals surface area contributed by atoms with Crippen LogP contribution in [0.25, 0.3) is 0 Å². The van der Waals surface area contributed by atoms with Crippen LogP contribution < -0.4 is 5.32 Å². The van der Waals surface area contributed by atoms with Crippen molar-refractivity contribution in [2.75, 3.05) is 44.7 Å². The zero-order valence-corrected chi connectivity index (χ0v) is 19.5. The Morgan fingerprint density at radius 2 is 1.97 bits per heavy atom. The molecule has 2 amide bonds. The van der Waals surface area contributed by atoms with E-state index in [0.29, 0.717) is 38.4 Å². The number of hydrogen-bond donors (Lipinski definition) is 1. The number of morpholine rings is 1. The van der Waals surface area contributed by atoms with Gasteiger partial charge in [-0.2, -0.15) is 4.31 Å². The van der Waals surface area contributed by atoms with E-state index in [0.717, 1.165) is 17.0 Å². The molecule has 0 saturated carbocycles. The van der Waals surface area contributed by atoms with E-state index in [4.69, 9.17) is 4.74 Å². The molecule has 2 aliphatic heterocycles. The summed E-state index contributed by atoms with van der Waals surface area (Å²) in [5.41, 5.74) is 0.801. The second kappa shape index (κ2) is 9.65. The van der Waals surface area contributed by atoms with Crippen molar-refractivity contribution in [3.63, 3.8) is 0 Å². The Balaban J connectivity index is 1.47. The Morgan fingerprint density at radius 3 is 2.72 bits per heavy atom. The third-order valence-electron chi connectivity index (χ3n) is 5.63. The average Bonchev–Trinajstić information content (AvgIpc) is 3.30. The molecule has 1 unspecified atom stereocenters. The van der Waals surface area contributed by atoms with E-state index in [1.165, 1.54) is 10.4 Å². The predicted molar refractivity (Wildman–Crippen MR) is 120 cm³/mol. The van der Waals surface area contributed by atoms with Crippen LogP contribution >= 0.6 is 11.3 Å². The van der Waals surface area contributed by atoms with Gasteiger partial charge in [0.15, 0.2) is 0 Å². The highest BCUT2D eigenvalue weighted by Gasteiger charge is 2.35. The zero-order chi connectivity index (χ0) is 22.7. The minimum absolute atomic E-state index is 0.0323. The van der Waals surface area contributed by atoms with Crippen molar-refractivity contribution in [3.8, 4) is 0 Å². The molecule has 4 heterocycles. The summed E-state index contributed by atoms with van der Waals surface area (Å²) in [6.45, 7) is 3.79. The first kappa shape index (κ1) is 22.8. The van der Waals surface area contributed by atoms with Gasteiger partial charge in [0.05, 0.1) is 19.1 Å². The molecule has 2 aromatic heterocycles. The number of aryl methyl sites for hydroxylation is 1. The number of nitrogens with zero attached hydrogens (tertiary/aromatic N) is 3. The highest BCUT2D eigenvalue weighted by molar-refractivity contribution is 7.89. The standard InChI is InChI=1S/C21H26N4O5S2/c1-15-4-2-6-18(22-15)23-20(26)16-5-3-8-24(14-16)21(27)19-17(7-13-31-19)32(28,29)25-9-11-30-12-10-25/h2,4,6-7,13,16H,3,5,8-12,14H2,1H3,(H,22,23,26). The fourth-order valence-electron chi connectivity index (χ4n) is 3.94. The Hall–Kier alpha value is -2.34. The van der Waals surface area contributed by atoms with Crippen molar-refractivity contribution in [1.82, 2.24) is 14.2 Å². The summed E-state index contributed by atoms with van der Waals surface area (Å²) in [6, 6.07) is 6.88. The minimum Gasteiger partial charge on any atom is -0.379 e. The van der Waals surface area contributed by atoms with Gasteiger partial charge in [0.1, 0.15) is 15.6 Å². The Labute approximate surface area is 191 Å². The number of sulfonamides is 1. The van der Waals surface area contributed by atoms with E-state index in [1.807, 2.05) is 19.1 Å². The molecule has 4 rings (SSSR count). The number of carbonyl (C=O) groups excluding carboxylic acids is 2. The number of hydrogen-bond acceptors (Lipinski definition) is 7. The van der Waals surface area contributed by atoms with Crippen molar-refractivity contribution in [1.29, 1.82) is 0 Å². The maximum absolute atomic E-state index is 13.3. The number of pyridine rings is 1. The van der Waals surface area contributed by atoms with Crippen molar-refractivity contribution in [2.45, 2.75) is 24.7 Å². The topological polar surface area (TPSA) is 109 Å². The van der Waals surface area contributed by atoms with Crippen molar-refractivity contribution < 1.29 is 22.7 Å². The summed E-state index contributed by atoms with van der Waals surface area (Å²) in [7, 11) is -3.78. The lowest BCUT2D eigenvalue weighted by Gasteiger charge is -2.32. The van der Waals surface area contributed by atoms with Crippen LogP contribution in [-0.4, -0.2) is 73.8 Å². The maximum atomic E-state index is 13.3. The molecule has 2 aliphatic rings. The number of carbonyl (C=O) groups is 2. The summed E-state index contributed by atoms with van der Waals surface area (Å²) in [6.07, 6.45) is 1.33. The number of nitrogens with one attached hydrogen (secondary N) is 1. The summed E-state index contributed by atoms with van der Waals surface area (Å²) in [4.78, 5) is 32.1. The van der Waals surface area contributed by atoms with Gasteiger partial charge in [-0.05, 0) is 43.3 Å². The van der Waals surface area contributed by atoms with Gasteiger partial charge >= 0.3 is 0 Å². The van der Waals surface area contributed by atoms with E-state index < -0.39 is 10.0 Å². The molecule has 0 aliphatic carbocycles. The molecule has 0 aromatic carbocycles. The SMILES string of the molecule is Cc1cccc(NC(=O)C2CCCN(C(=O)c3sccc3S(=O)(=O)N3CCOCC3)C2)n1. The van der Waals surface area contributed by atoms with E-state index in [2.05, 4.69) is 10.3 Å². The molecule has 0 bridgehead atoms. The van der Waals surface area contributed by atoms with E-state index >= 15 is 0 Å². The first-order chi connectivity index (χ1) is 15.4. The monoisotopic (exact) mass is 478 g/mol. The second-order valence-corrected chi connectivity index (χ2v) is 10.7. The van der Waals surface area contributed by atoms with Gasteiger partial charge in [0.25, 0.3) is 5.91 Å². The van der Waals surface area contributed by atoms with Crippen molar-refractivity contribution in [3.05, 3.63) is 40.2 Å². The van der Waals surface area contributed by atoms with Gasteiger partial charge < -0.3 is 15.0 Å². The van der Waals surface area contributed by atoms with Gasteiger partial charge in [-0.25, -0.2) is 13.4 Å². The molecule has 2 aromatic rings. The number of thiophene rings is 1. The lowest BCUT2D eigenvalue weighted by Crippen LogP contribution is -2.44. The van der Waals surface area contributed by atoms with Gasteiger partial charge in [-0.15, -0.1) is 11.3 Å². The fourth-order valence-corrected chi connectivity index (χ4v) is 6.71. The largest absolute Gasteiger partial charge is 0.379 e. The fraction of sp³-hybridized carbons (Fsp3) is 0.476.